The molecule has 0 radical (unpaired) electrons. The van der Waals surface area contributed by atoms with Gasteiger partial charge in [-0.05, 0) is 30.3 Å². The Morgan fingerprint density at radius 3 is 2.19 bits per heavy atom. The molecule has 186 valence electrons. The van der Waals surface area contributed by atoms with Crippen molar-refractivity contribution in [3.63, 3.8) is 0 Å². The van der Waals surface area contributed by atoms with Crippen molar-refractivity contribution in [2.45, 2.75) is 29.8 Å². The summed E-state index contributed by atoms with van der Waals surface area (Å²) in [5, 5.41) is 0.489. The largest absolute Gasteiger partial charge is 0.461 e. The summed E-state index contributed by atoms with van der Waals surface area (Å²) >= 11 is 0.994. The minimum Gasteiger partial charge on any atom is -0.461 e. The molecule has 3 aromatic rings. The molecule has 2 heterocycles. The van der Waals surface area contributed by atoms with E-state index in [1.807, 2.05) is 0 Å². The number of aromatic nitrogens is 2. The quantitative estimate of drug-likeness (QED) is 0.481. The number of carbonyl (C=O) groups excluding carboxylic acids is 3. The van der Waals surface area contributed by atoms with Gasteiger partial charge >= 0.3 is 17.6 Å². The van der Waals surface area contributed by atoms with Crippen LogP contribution in [0.25, 0.3) is 0 Å². The topological polar surface area (TPSA) is 117 Å². The Bertz CT molecular complexity index is 1300. The number of hydrogen-bond donors (Lipinski definition) is 1. The molecule has 36 heavy (non-hydrogen) atoms. The molecule has 1 fully saturated rings. The van der Waals surface area contributed by atoms with E-state index in [0.29, 0.717) is 5.56 Å². The Morgan fingerprint density at radius 1 is 1.00 bits per heavy atom. The molecule has 0 aliphatic carbocycles. The van der Waals surface area contributed by atoms with Crippen LogP contribution in [0.3, 0.4) is 0 Å². The van der Waals surface area contributed by atoms with E-state index >= 15 is 4.39 Å². The summed E-state index contributed by atoms with van der Waals surface area (Å²) in [6.45, 7) is 1.01. The molecule has 0 spiro atoms. The third-order valence-electron chi connectivity index (χ3n) is 5.32. The van der Waals surface area contributed by atoms with E-state index in [1.165, 1.54) is 31.3 Å². The summed E-state index contributed by atoms with van der Waals surface area (Å²) < 4.78 is 27.7. The Balaban J connectivity index is 1.56. The van der Waals surface area contributed by atoms with Gasteiger partial charge < -0.3 is 14.8 Å². The van der Waals surface area contributed by atoms with E-state index in [4.69, 9.17) is 9.47 Å². The first-order valence-electron chi connectivity index (χ1n) is 11.0. The molecule has 1 N–H and O–H groups in total. The second kappa shape index (κ2) is 11.2. The molecule has 11 heteroatoms. The minimum absolute atomic E-state index is 0.0301. The van der Waals surface area contributed by atoms with Crippen LogP contribution in [-0.4, -0.2) is 51.5 Å². The van der Waals surface area contributed by atoms with Crippen molar-refractivity contribution in [3.8, 4) is 0 Å². The molecular weight excluding hydrogens is 489 g/mol. The lowest BCUT2D eigenvalue weighted by atomic mass is 10.1. The first-order valence-corrected chi connectivity index (χ1v) is 11.9. The smallest absolute Gasteiger partial charge is 0.350 e. The third-order valence-corrected chi connectivity index (χ3v) is 6.84. The molecule has 4 rings (SSSR count). The van der Waals surface area contributed by atoms with Crippen molar-refractivity contribution in [3.05, 3.63) is 94.5 Å². The number of thioether (sulfide) groups is 1. The molecule has 1 aromatic heterocycles. The van der Waals surface area contributed by atoms with Gasteiger partial charge in [-0.25, -0.2) is 18.8 Å². The average Bonchev–Trinajstić information content (AvgIpc) is 3.18. The lowest BCUT2D eigenvalue weighted by Gasteiger charge is -2.21. The Kier molecular flexibility index (Phi) is 7.79. The van der Waals surface area contributed by atoms with Crippen LogP contribution in [0.15, 0.2) is 77.7 Å². The van der Waals surface area contributed by atoms with Gasteiger partial charge in [0.05, 0.1) is 16.4 Å². The van der Waals surface area contributed by atoms with Crippen molar-refractivity contribution < 1.29 is 28.2 Å². The van der Waals surface area contributed by atoms with Crippen LogP contribution in [0.1, 0.15) is 33.0 Å². The molecule has 1 aliphatic rings. The highest BCUT2D eigenvalue weighted by molar-refractivity contribution is 8.00. The normalized spacial score (nSPS) is 20.9. The van der Waals surface area contributed by atoms with Crippen molar-refractivity contribution in [2.24, 2.45) is 0 Å². The second-order valence-corrected chi connectivity index (χ2v) is 9.25. The van der Waals surface area contributed by atoms with Gasteiger partial charge in [0.15, 0.2) is 12.3 Å². The Hall–Kier alpha value is -3.99. The zero-order chi connectivity index (χ0) is 25.7. The van der Waals surface area contributed by atoms with E-state index in [9.17, 15) is 19.2 Å². The van der Waals surface area contributed by atoms with E-state index < -0.39 is 46.4 Å². The number of nitrogens with zero attached hydrogens (tertiary/aromatic N) is 2. The van der Waals surface area contributed by atoms with Crippen LogP contribution in [0.4, 0.5) is 10.2 Å². The van der Waals surface area contributed by atoms with E-state index in [2.05, 4.69) is 10.3 Å². The van der Waals surface area contributed by atoms with Gasteiger partial charge in [0.2, 0.25) is 5.91 Å². The number of ether oxygens (including phenoxy) is 2. The number of benzene rings is 2. The Labute approximate surface area is 209 Å². The highest BCUT2D eigenvalue weighted by Crippen LogP contribution is 2.45. The number of rotatable bonds is 7. The molecule has 0 saturated carbocycles. The Morgan fingerprint density at radius 2 is 1.61 bits per heavy atom. The van der Waals surface area contributed by atoms with Gasteiger partial charge in [0.25, 0.3) is 0 Å². The predicted octanol–water partition coefficient (Wildman–Crippen LogP) is 3.24. The molecule has 4 atom stereocenters. The first kappa shape index (κ1) is 25.1. The standard InChI is InChI=1S/C25H22FN3O6S/c1-15(30)27-19-12-13-29(25(33)28-19)22-20(26)21(35-24(32)17-10-6-3-7-11-17)18(36-22)14-34-23(31)16-8-4-2-5-9-16/h2-13,18,20-22H,14H2,1H3,(H,27,28,30,33)/t18-,20+,21-,22-/m1/s1. The van der Waals surface area contributed by atoms with Crippen molar-refractivity contribution >= 4 is 35.4 Å². The lowest BCUT2D eigenvalue weighted by molar-refractivity contribution is -0.114. The summed E-state index contributed by atoms with van der Waals surface area (Å²) in [4.78, 5) is 52.7. The summed E-state index contributed by atoms with van der Waals surface area (Å²) in [6.07, 6.45) is -1.81. The van der Waals surface area contributed by atoms with E-state index in [-0.39, 0.29) is 18.0 Å². The average molecular weight is 512 g/mol. The van der Waals surface area contributed by atoms with Gasteiger partial charge in [-0.3, -0.25) is 9.36 Å². The summed E-state index contributed by atoms with van der Waals surface area (Å²) in [5.74, 6) is -1.73. The van der Waals surface area contributed by atoms with E-state index in [0.717, 1.165) is 16.3 Å². The number of hydrogen-bond acceptors (Lipinski definition) is 8. The fourth-order valence-electron chi connectivity index (χ4n) is 3.63. The number of halogens is 1. The van der Waals surface area contributed by atoms with Crippen LogP contribution in [-0.2, 0) is 14.3 Å². The molecule has 1 amide bonds. The fourth-order valence-corrected chi connectivity index (χ4v) is 5.09. The number of carbonyl (C=O) groups is 3. The molecule has 1 saturated heterocycles. The number of esters is 2. The number of amides is 1. The van der Waals surface area contributed by atoms with Gasteiger partial charge in [0, 0.05) is 13.1 Å². The van der Waals surface area contributed by atoms with Gasteiger partial charge in [-0.2, -0.15) is 4.98 Å². The van der Waals surface area contributed by atoms with Crippen LogP contribution >= 0.6 is 11.8 Å². The van der Waals surface area contributed by atoms with Crippen molar-refractivity contribution in [1.29, 1.82) is 0 Å². The zero-order valence-electron chi connectivity index (χ0n) is 19.1. The fraction of sp³-hybridized carbons (Fsp3) is 0.240. The number of alkyl halides is 1. The van der Waals surface area contributed by atoms with Crippen molar-refractivity contribution in [2.75, 3.05) is 11.9 Å². The maximum Gasteiger partial charge on any atom is 0.350 e. The second-order valence-electron chi connectivity index (χ2n) is 7.89. The molecule has 0 bridgehead atoms. The summed E-state index contributed by atoms with van der Waals surface area (Å²) in [6, 6.07) is 17.8. The van der Waals surface area contributed by atoms with Crippen LogP contribution in [0, 0.1) is 0 Å². The highest BCUT2D eigenvalue weighted by Gasteiger charge is 2.49. The van der Waals surface area contributed by atoms with Crippen LogP contribution < -0.4 is 11.0 Å². The molecule has 1 aliphatic heterocycles. The maximum atomic E-state index is 15.7. The molecule has 0 unspecified atom stereocenters. The van der Waals surface area contributed by atoms with Crippen LogP contribution in [0.5, 0.6) is 0 Å². The van der Waals surface area contributed by atoms with Gasteiger partial charge in [-0.15, -0.1) is 11.8 Å². The monoisotopic (exact) mass is 511 g/mol. The zero-order valence-corrected chi connectivity index (χ0v) is 19.9. The summed E-state index contributed by atoms with van der Waals surface area (Å²) in [5.41, 5.74) is -0.242. The van der Waals surface area contributed by atoms with Crippen LogP contribution in [0.2, 0.25) is 0 Å². The molecule has 2 aromatic carbocycles. The maximum absolute atomic E-state index is 15.7. The summed E-state index contributed by atoms with van der Waals surface area (Å²) in [7, 11) is 0. The lowest BCUT2D eigenvalue weighted by Crippen LogP contribution is -2.37. The molecule has 9 nitrogen and oxygen atoms in total. The first-order chi connectivity index (χ1) is 17.3. The number of nitrogens with one attached hydrogen (secondary N) is 1. The van der Waals surface area contributed by atoms with Gasteiger partial charge in [-0.1, -0.05) is 36.4 Å². The van der Waals surface area contributed by atoms with E-state index in [1.54, 1.807) is 48.5 Å². The number of anilines is 1. The minimum atomic E-state index is -1.81. The van der Waals surface area contributed by atoms with Crippen molar-refractivity contribution in [1.82, 2.24) is 9.55 Å². The third kappa shape index (κ3) is 5.80. The molecular formula is C25H22FN3O6S. The van der Waals surface area contributed by atoms with Gasteiger partial charge in [0.1, 0.15) is 17.8 Å². The SMILES string of the molecule is CC(=O)Nc1ccn([C@@H]2S[C@H](COC(=O)c3ccccc3)[C@@H](OC(=O)c3ccccc3)[C@@H]2F)c(=O)n1. The predicted molar refractivity (Wildman–Crippen MR) is 130 cm³/mol. The highest BCUT2D eigenvalue weighted by atomic mass is 32.2.